The van der Waals surface area contributed by atoms with E-state index in [4.69, 9.17) is 4.74 Å². The number of carbonyl (C=O) groups is 1. The van der Waals surface area contributed by atoms with Gasteiger partial charge < -0.3 is 9.84 Å². The molecule has 4 rings (SSSR count). The van der Waals surface area contributed by atoms with Crippen molar-refractivity contribution >= 4 is 5.97 Å². The number of ether oxygens (including phenoxy) is 1. The molecule has 3 nitrogen and oxygen atoms in total. The number of hydrogen-bond donors (Lipinski definition) is 1. The van der Waals surface area contributed by atoms with Gasteiger partial charge in [0.05, 0.1) is 12.0 Å². The average molecular weight is 252 g/mol. The number of esters is 1. The second-order valence-corrected chi connectivity index (χ2v) is 6.85. The molecule has 0 amide bonds. The quantitative estimate of drug-likeness (QED) is 0.785. The van der Waals surface area contributed by atoms with Gasteiger partial charge in [-0.3, -0.25) is 4.79 Å². The van der Waals surface area contributed by atoms with E-state index in [0.717, 1.165) is 32.1 Å². The van der Waals surface area contributed by atoms with Crippen LogP contribution in [0.4, 0.5) is 0 Å². The van der Waals surface area contributed by atoms with E-state index in [0.29, 0.717) is 17.8 Å². The molecule has 102 valence electrons. The first-order valence-electron chi connectivity index (χ1n) is 7.45. The van der Waals surface area contributed by atoms with Crippen LogP contribution < -0.4 is 0 Å². The van der Waals surface area contributed by atoms with Gasteiger partial charge in [-0.05, 0) is 56.3 Å². The third kappa shape index (κ3) is 1.78. The van der Waals surface area contributed by atoms with Gasteiger partial charge in [0.1, 0.15) is 5.60 Å². The summed E-state index contributed by atoms with van der Waals surface area (Å²) in [6.07, 6.45) is 5.73. The zero-order valence-electron chi connectivity index (χ0n) is 11.4. The molecular formula is C15H24O3. The Labute approximate surface area is 109 Å². The highest BCUT2D eigenvalue weighted by atomic mass is 16.6. The predicted octanol–water partition coefficient (Wildman–Crippen LogP) is 2.52. The van der Waals surface area contributed by atoms with Crippen LogP contribution in [0.15, 0.2) is 0 Å². The van der Waals surface area contributed by atoms with E-state index in [9.17, 15) is 9.90 Å². The van der Waals surface area contributed by atoms with E-state index in [1.807, 2.05) is 13.8 Å². The maximum absolute atomic E-state index is 12.1. The van der Waals surface area contributed by atoms with Crippen molar-refractivity contribution < 1.29 is 14.6 Å². The topological polar surface area (TPSA) is 46.5 Å². The van der Waals surface area contributed by atoms with E-state index < -0.39 is 11.7 Å². The molecule has 18 heavy (non-hydrogen) atoms. The molecule has 0 spiro atoms. The fraction of sp³-hybridized carbons (Fsp3) is 0.933. The monoisotopic (exact) mass is 252 g/mol. The molecule has 0 aromatic carbocycles. The van der Waals surface area contributed by atoms with Gasteiger partial charge in [0.25, 0.3) is 0 Å². The van der Waals surface area contributed by atoms with Crippen LogP contribution in [-0.2, 0) is 9.53 Å². The molecule has 3 heteroatoms. The Kier molecular flexibility index (Phi) is 2.92. The molecule has 4 saturated carbocycles. The fourth-order valence-corrected chi connectivity index (χ4v) is 4.55. The van der Waals surface area contributed by atoms with Crippen molar-refractivity contribution in [3.63, 3.8) is 0 Å². The average Bonchev–Trinajstić information content (AvgIpc) is 2.33. The molecule has 1 N–H and O–H groups in total. The minimum absolute atomic E-state index is 0.0507. The lowest BCUT2D eigenvalue weighted by Gasteiger charge is -2.58. The number of carbonyl (C=O) groups excluding carboxylic acids is 1. The van der Waals surface area contributed by atoms with E-state index >= 15 is 0 Å². The van der Waals surface area contributed by atoms with Gasteiger partial charge in [-0.2, -0.15) is 0 Å². The number of aliphatic hydroxyl groups excluding tert-OH is 1. The molecule has 4 aliphatic rings. The number of aliphatic hydroxyl groups is 1. The summed E-state index contributed by atoms with van der Waals surface area (Å²) in [5.74, 6) is 1.57. The second kappa shape index (κ2) is 4.22. The molecule has 0 aliphatic heterocycles. The number of rotatable bonds is 3. The highest BCUT2D eigenvalue weighted by molar-refractivity contribution is 5.72. The molecule has 0 aromatic rings. The summed E-state index contributed by atoms with van der Waals surface area (Å²) in [4.78, 5) is 12.1. The van der Waals surface area contributed by atoms with Gasteiger partial charge in [-0.15, -0.1) is 0 Å². The molecule has 0 heterocycles. The molecule has 4 bridgehead atoms. The third-order valence-electron chi connectivity index (χ3n) is 5.51. The van der Waals surface area contributed by atoms with Crippen molar-refractivity contribution in [2.75, 3.05) is 0 Å². The summed E-state index contributed by atoms with van der Waals surface area (Å²) in [5.41, 5.74) is -0.532. The normalized spacial score (nSPS) is 47.1. The van der Waals surface area contributed by atoms with Crippen molar-refractivity contribution in [2.45, 2.75) is 64.1 Å². The van der Waals surface area contributed by atoms with Crippen LogP contribution in [0.5, 0.6) is 0 Å². The summed E-state index contributed by atoms with van der Waals surface area (Å²) < 4.78 is 5.83. The Hall–Kier alpha value is -0.570. The van der Waals surface area contributed by atoms with Crippen LogP contribution in [-0.4, -0.2) is 22.8 Å². The minimum atomic E-state index is -0.532. The first-order chi connectivity index (χ1) is 8.54. The van der Waals surface area contributed by atoms with Crippen LogP contribution in [0.2, 0.25) is 0 Å². The molecule has 4 fully saturated rings. The Morgan fingerprint density at radius 2 is 1.94 bits per heavy atom. The Morgan fingerprint density at radius 3 is 2.50 bits per heavy atom. The van der Waals surface area contributed by atoms with Crippen molar-refractivity contribution in [3.05, 3.63) is 0 Å². The van der Waals surface area contributed by atoms with E-state index in [1.165, 1.54) is 6.42 Å². The fourth-order valence-electron chi connectivity index (χ4n) is 4.55. The maximum atomic E-state index is 12.1. The summed E-state index contributed by atoms with van der Waals surface area (Å²) in [7, 11) is 0. The zero-order valence-corrected chi connectivity index (χ0v) is 11.4. The van der Waals surface area contributed by atoms with Crippen molar-refractivity contribution in [1.82, 2.24) is 0 Å². The summed E-state index contributed by atoms with van der Waals surface area (Å²) in [5, 5.41) is 10.5. The molecular weight excluding hydrogens is 228 g/mol. The third-order valence-corrected chi connectivity index (χ3v) is 5.51. The predicted molar refractivity (Wildman–Crippen MR) is 67.8 cm³/mol. The van der Waals surface area contributed by atoms with E-state index in [-0.39, 0.29) is 11.9 Å². The van der Waals surface area contributed by atoms with Crippen LogP contribution >= 0.6 is 0 Å². The second-order valence-electron chi connectivity index (χ2n) is 6.85. The van der Waals surface area contributed by atoms with Crippen molar-refractivity contribution in [2.24, 2.45) is 23.7 Å². The lowest BCUT2D eigenvalue weighted by atomic mass is 9.53. The Morgan fingerprint density at radius 1 is 1.33 bits per heavy atom. The molecule has 4 atom stereocenters. The maximum Gasteiger partial charge on any atom is 0.309 e. The highest BCUT2D eigenvalue weighted by Crippen LogP contribution is 2.57. The van der Waals surface area contributed by atoms with Gasteiger partial charge >= 0.3 is 5.97 Å². The summed E-state index contributed by atoms with van der Waals surface area (Å²) in [6, 6.07) is 0. The number of hydrogen-bond acceptors (Lipinski definition) is 3. The van der Waals surface area contributed by atoms with Crippen LogP contribution in [0.25, 0.3) is 0 Å². The minimum Gasteiger partial charge on any atom is -0.456 e. The van der Waals surface area contributed by atoms with Crippen molar-refractivity contribution in [1.29, 1.82) is 0 Å². The summed E-state index contributed by atoms with van der Waals surface area (Å²) in [6.45, 7) is 3.91. The summed E-state index contributed by atoms with van der Waals surface area (Å²) >= 11 is 0. The van der Waals surface area contributed by atoms with Gasteiger partial charge in [0, 0.05) is 0 Å². The Bertz CT molecular complexity index is 338. The van der Waals surface area contributed by atoms with E-state index in [1.54, 1.807) is 0 Å². The van der Waals surface area contributed by atoms with Crippen LogP contribution in [0.3, 0.4) is 0 Å². The first-order valence-corrected chi connectivity index (χ1v) is 7.45. The lowest BCUT2D eigenvalue weighted by molar-refractivity contribution is -0.230. The standard InChI is InChI=1S/C15H24O3/c1-3-9(2)14(17)18-15-7-10-4-11(8-15)6-12(5-10)13(15)16/h9-13,16H,3-8H2,1-2H3. The van der Waals surface area contributed by atoms with Crippen LogP contribution in [0.1, 0.15) is 52.4 Å². The zero-order chi connectivity index (χ0) is 12.9. The van der Waals surface area contributed by atoms with E-state index in [2.05, 4.69) is 0 Å². The molecule has 4 unspecified atom stereocenters. The lowest BCUT2D eigenvalue weighted by Crippen LogP contribution is -2.62. The van der Waals surface area contributed by atoms with Gasteiger partial charge in [0.2, 0.25) is 0 Å². The highest BCUT2D eigenvalue weighted by Gasteiger charge is 2.59. The van der Waals surface area contributed by atoms with Gasteiger partial charge in [0.15, 0.2) is 0 Å². The molecule has 0 radical (unpaired) electrons. The molecule has 0 aromatic heterocycles. The molecule has 0 saturated heterocycles. The largest absolute Gasteiger partial charge is 0.456 e. The smallest absolute Gasteiger partial charge is 0.309 e. The first kappa shape index (κ1) is 12.5. The van der Waals surface area contributed by atoms with Crippen molar-refractivity contribution in [3.8, 4) is 0 Å². The van der Waals surface area contributed by atoms with Gasteiger partial charge in [-0.25, -0.2) is 0 Å². The SMILES string of the molecule is CCC(C)C(=O)OC12CC3CC(CC(C3)C1O)C2. The van der Waals surface area contributed by atoms with Gasteiger partial charge in [-0.1, -0.05) is 13.8 Å². The Balaban J connectivity index is 1.79. The van der Waals surface area contributed by atoms with Crippen LogP contribution in [0, 0.1) is 23.7 Å². The molecule has 4 aliphatic carbocycles.